The van der Waals surface area contributed by atoms with Gasteiger partial charge in [0.15, 0.2) is 5.78 Å². The zero-order valence-corrected chi connectivity index (χ0v) is 10.4. The molecule has 16 heavy (non-hydrogen) atoms. The Bertz CT molecular complexity index is 361. The molecule has 2 nitrogen and oxygen atoms in total. The molecule has 0 aromatic heterocycles. The van der Waals surface area contributed by atoms with E-state index >= 15 is 0 Å². The number of ketones is 1. The number of aliphatic hydroxyl groups excluding tert-OH is 1. The Labute approximate surface area is 97.3 Å². The van der Waals surface area contributed by atoms with Crippen molar-refractivity contribution in [3.05, 3.63) is 35.4 Å². The molecule has 2 heteroatoms. The number of carbonyl (C=O) groups excluding carboxylic acids is 1. The van der Waals surface area contributed by atoms with Crippen LogP contribution in [0.5, 0.6) is 0 Å². The summed E-state index contributed by atoms with van der Waals surface area (Å²) in [5, 5.41) is 9.69. The van der Waals surface area contributed by atoms with Crippen molar-refractivity contribution in [3.8, 4) is 0 Å². The lowest BCUT2D eigenvalue weighted by atomic mass is 9.80. The van der Waals surface area contributed by atoms with Gasteiger partial charge in [0.05, 0.1) is 6.10 Å². The number of hydrogen-bond acceptors (Lipinski definition) is 2. The summed E-state index contributed by atoms with van der Waals surface area (Å²) in [7, 11) is 0. The highest BCUT2D eigenvalue weighted by Crippen LogP contribution is 2.27. The number of Topliss-reactive ketones (excluding diaryl/α,β-unsaturated/α-hetero) is 1. The van der Waals surface area contributed by atoms with Gasteiger partial charge in [-0.15, -0.1) is 0 Å². The Kier molecular flexibility index (Phi) is 3.87. The summed E-state index contributed by atoms with van der Waals surface area (Å²) in [5.74, 6) is 0.154. The van der Waals surface area contributed by atoms with E-state index in [4.69, 9.17) is 0 Å². The fourth-order valence-corrected chi connectivity index (χ4v) is 1.53. The van der Waals surface area contributed by atoms with Crippen molar-refractivity contribution in [2.75, 3.05) is 0 Å². The lowest BCUT2D eigenvalue weighted by Gasteiger charge is -2.28. The monoisotopic (exact) mass is 220 g/mol. The van der Waals surface area contributed by atoms with Crippen LogP contribution in [0.15, 0.2) is 24.3 Å². The molecule has 0 heterocycles. The first-order valence-corrected chi connectivity index (χ1v) is 5.71. The molecule has 0 radical (unpaired) electrons. The van der Waals surface area contributed by atoms with Gasteiger partial charge in [0.1, 0.15) is 0 Å². The molecule has 1 aromatic carbocycles. The number of benzene rings is 1. The van der Waals surface area contributed by atoms with Crippen LogP contribution in [0, 0.1) is 0 Å². The quantitative estimate of drug-likeness (QED) is 0.792. The minimum atomic E-state index is -0.416. The third-order valence-corrected chi connectivity index (χ3v) is 3.32. The van der Waals surface area contributed by atoms with Crippen molar-refractivity contribution in [1.82, 2.24) is 0 Å². The maximum atomic E-state index is 11.5. The van der Waals surface area contributed by atoms with E-state index in [-0.39, 0.29) is 11.2 Å². The van der Waals surface area contributed by atoms with Gasteiger partial charge < -0.3 is 5.11 Å². The van der Waals surface area contributed by atoms with Crippen molar-refractivity contribution in [1.29, 1.82) is 0 Å². The minimum absolute atomic E-state index is 0.154. The van der Waals surface area contributed by atoms with Crippen LogP contribution in [0.3, 0.4) is 0 Å². The number of carbonyl (C=O) groups is 1. The molecule has 1 aromatic rings. The number of aliphatic hydroxyl groups is 1. The second-order valence-corrected chi connectivity index (χ2v) is 4.75. The molecule has 1 atom stereocenters. The molecule has 0 bridgehead atoms. The molecule has 1 rings (SSSR count). The van der Waals surface area contributed by atoms with Crippen LogP contribution in [0.25, 0.3) is 0 Å². The lowest BCUT2D eigenvalue weighted by Crippen LogP contribution is -2.30. The van der Waals surface area contributed by atoms with Crippen molar-refractivity contribution >= 4 is 5.78 Å². The van der Waals surface area contributed by atoms with Crippen LogP contribution in [-0.2, 0) is 5.41 Å². The number of rotatable bonds is 4. The Balaban J connectivity index is 2.99. The van der Waals surface area contributed by atoms with Crippen molar-refractivity contribution in [3.63, 3.8) is 0 Å². The van der Waals surface area contributed by atoms with Gasteiger partial charge >= 0.3 is 0 Å². The van der Waals surface area contributed by atoms with Crippen LogP contribution in [0.4, 0.5) is 0 Å². The molecule has 0 saturated heterocycles. The normalized spacial score (nSPS) is 13.6. The molecule has 0 aliphatic rings. The molecule has 1 unspecified atom stereocenters. The standard InChI is InChI=1S/C14H20O2/c1-5-13(16)11-6-8-12(9-7-11)14(3,4)10(2)15/h6-10,15H,5H2,1-4H3. The largest absolute Gasteiger partial charge is 0.393 e. The van der Waals surface area contributed by atoms with Gasteiger partial charge in [-0.3, -0.25) is 4.79 Å². The van der Waals surface area contributed by atoms with E-state index in [2.05, 4.69) is 0 Å². The second-order valence-electron chi connectivity index (χ2n) is 4.75. The molecule has 0 fully saturated rings. The maximum absolute atomic E-state index is 11.5. The molecule has 0 aliphatic carbocycles. The molecule has 0 spiro atoms. The van der Waals surface area contributed by atoms with Crippen LogP contribution < -0.4 is 0 Å². The van der Waals surface area contributed by atoms with Crippen molar-refractivity contribution in [2.45, 2.75) is 45.6 Å². The average molecular weight is 220 g/mol. The fraction of sp³-hybridized carbons (Fsp3) is 0.500. The minimum Gasteiger partial charge on any atom is -0.393 e. The van der Waals surface area contributed by atoms with Crippen LogP contribution >= 0.6 is 0 Å². The smallest absolute Gasteiger partial charge is 0.162 e. The van der Waals surface area contributed by atoms with E-state index in [9.17, 15) is 9.90 Å². The molecule has 0 amide bonds. The van der Waals surface area contributed by atoms with Gasteiger partial charge in [-0.25, -0.2) is 0 Å². The average Bonchev–Trinajstić information content (AvgIpc) is 2.28. The number of hydrogen-bond donors (Lipinski definition) is 1. The second kappa shape index (κ2) is 4.79. The van der Waals surface area contributed by atoms with Gasteiger partial charge in [-0.05, 0) is 12.5 Å². The van der Waals surface area contributed by atoms with Crippen LogP contribution in [-0.4, -0.2) is 17.0 Å². The predicted octanol–water partition coefficient (Wildman–Crippen LogP) is 2.94. The predicted molar refractivity (Wildman–Crippen MR) is 65.8 cm³/mol. The van der Waals surface area contributed by atoms with Gasteiger partial charge in [0, 0.05) is 17.4 Å². The summed E-state index contributed by atoms with van der Waals surface area (Å²) in [6, 6.07) is 7.53. The summed E-state index contributed by atoms with van der Waals surface area (Å²) in [5.41, 5.74) is 1.51. The first-order valence-electron chi connectivity index (χ1n) is 5.71. The van der Waals surface area contributed by atoms with E-state index in [1.165, 1.54) is 0 Å². The summed E-state index contributed by atoms with van der Waals surface area (Å²) in [4.78, 5) is 11.5. The van der Waals surface area contributed by atoms with Crippen molar-refractivity contribution in [2.24, 2.45) is 0 Å². The highest BCUT2D eigenvalue weighted by molar-refractivity contribution is 5.95. The Hall–Kier alpha value is -1.15. The summed E-state index contributed by atoms with van der Waals surface area (Å²) in [6.45, 7) is 7.63. The zero-order chi connectivity index (χ0) is 12.3. The lowest BCUT2D eigenvalue weighted by molar-refractivity contribution is 0.0988. The molecule has 0 aliphatic heterocycles. The van der Waals surface area contributed by atoms with E-state index in [1.54, 1.807) is 6.92 Å². The maximum Gasteiger partial charge on any atom is 0.162 e. The zero-order valence-electron chi connectivity index (χ0n) is 10.4. The molecular weight excluding hydrogens is 200 g/mol. The third kappa shape index (κ3) is 2.50. The van der Waals surface area contributed by atoms with Crippen molar-refractivity contribution < 1.29 is 9.90 Å². The first kappa shape index (κ1) is 12.9. The third-order valence-electron chi connectivity index (χ3n) is 3.32. The first-order chi connectivity index (χ1) is 7.39. The Morgan fingerprint density at radius 3 is 2.19 bits per heavy atom. The SMILES string of the molecule is CCC(=O)c1ccc(C(C)(C)C(C)O)cc1. The topological polar surface area (TPSA) is 37.3 Å². The van der Waals surface area contributed by atoms with E-state index < -0.39 is 6.10 Å². The van der Waals surface area contributed by atoms with E-state index in [0.717, 1.165) is 11.1 Å². The fourth-order valence-electron chi connectivity index (χ4n) is 1.53. The van der Waals surface area contributed by atoms with Gasteiger partial charge in [0.25, 0.3) is 0 Å². The van der Waals surface area contributed by atoms with E-state index in [0.29, 0.717) is 6.42 Å². The molecule has 0 saturated carbocycles. The summed E-state index contributed by atoms with van der Waals surface area (Å²) >= 11 is 0. The Morgan fingerprint density at radius 2 is 1.81 bits per heavy atom. The molecular formula is C14H20O2. The van der Waals surface area contributed by atoms with Gasteiger partial charge in [-0.1, -0.05) is 45.0 Å². The highest BCUT2D eigenvalue weighted by Gasteiger charge is 2.26. The summed E-state index contributed by atoms with van der Waals surface area (Å²) < 4.78 is 0. The highest BCUT2D eigenvalue weighted by atomic mass is 16.3. The Morgan fingerprint density at radius 1 is 1.31 bits per heavy atom. The van der Waals surface area contributed by atoms with Crippen LogP contribution in [0.2, 0.25) is 0 Å². The molecule has 88 valence electrons. The van der Waals surface area contributed by atoms with E-state index in [1.807, 2.05) is 45.0 Å². The van der Waals surface area contributed by atoms with Crippen LogP contribution in [0.1, 0.15) is 50.0 Å². The summed E-state index contributed by atoms with van der Waals surface area (Å²) in [6.07, 6.45) is 0.110. The molecule has 1 N–H and O–H groups in total. The van der Waals surface area contributed by atoms with Gasteiger partial charge in [-0.2, -0.15) is 0 Å². The van der Waals surface area contributed by atoms with Gasteiger partial charge in [0.2, 0.25) is 0 Å².